The van der Waals surface area contributed by atoms with Gasteiger partial charge >= 0.3 is 6.03 Å². The van der Waals surface area contributed by atoms with Crippen molar-refractivity contribution in [3.63, 3.8) is 0 Å². The third kappa shape index (κ3) is 4.63. The first-order valence-corrected chi connectivity index (χ1v) is 7.99. The minimum absolute atomic E-state index is 0.261. The average Bonchev–Trinajstić information content (AvgIpc) is 2.53. The summed E-state index contributed by atoms with van der Waals surface area (Å²) >= 11 is 1.63. The number of amides is 2. The fourth-order valence-electron chi connectivity index (χ4n) is 1.75. The number of urea groups is 1. The Morgan fingerprint density at radius 3 is 2.86 bits per heavy atom. The lowest BCUT2D eigenvalue weighted by Gasteiger charge is -2.11. The molecule has 0 unspecified atom stereocenters. The lowest BCUT2D eigenvalue weighted by Crippen LogP contribution is -2.28. The molecule has 6 nitrogen and oxygen atoms in total. The maximum atomic E-state index is 11.9. The number of thioether (sulfide) groups is 1. The Balaban J connectivity index is 1.91. The van der Waals surface area contributed by atoms with E-state index in [1.54, 1.807) is 24.0 Å². The van der Waals surface area contributed by atoms with Crippen molar-refractivity contribution in [1.82, 2.24) is 15.3 Å². The zero-order valence-electron chi connectivity index (χ0n) is 12.8. The lowest BCUT2D eigenvalue weighted by atomic mass is 10.3. The summed E-state index contributed by atoms with van der Waals surface area (Å²) in [5, 5.41) is 5.59. The summed E-state index contributed by atoms with van der Waals surface area (Å²) in [5.74, 6) is 0.618. The molecule has 0 aliphatic carbocycles. The Kier molecular flexibility index (Phi) is 5.60. The van der Waals surface area contributed by atoms with Gasteiger partial charge in [0.1, 0.15) is 0 Å². The number of anilines is 2. The van der Waals surface area contributed by atoms with E-state index in [2.05, 4.69) is 20.6 Å². The topological polar surface area (TPSA) is 70.2 Å². The first kappa shape index (κ1) is 16.1. The number of carbonyl (C=O) groups is 1. The smallest absolute Gasteiger partial charge is 0.319 e. The molecule has 2 rings (SSSR count). The summed E-state index contributed by atoms with van der Waals surface area (Å²) in [6, 6.07) is 9.21. The highest BCUT2D eigenvalue weighted by Gasteiger charge is 2.05. The Bertz CT molecular complexity index is 647. The van der Waals surface area contributed by atoms with E-state index in [-0.39, 0.29) is 6.03 Å². The van der Waals surface area contributed by atoms with Crippen LogP contribution < -0.4 is 15.5 Å². The average molecular weight is 317 g/mol. The fourth-order valence-corrected chi connectivity index (χ4v) is 2.20. The molecule has 0 aliphatic heterocycles. The molecule has 1 aromatic carbocycles. The molecule has 0 atom stereocenters. The van der Waals surface area contributed by atoms with Gasteiger partial charge in [0.15, 0.2) is 0 Å². The minimum Gasteiger partial charge on any atom is -0.347 e. The zero-order valence-corrected chi connectivity index (χ0v) is 13.6. The van der Waals surface area contributed by atoms with Crippen molar-refractivity contribution >= 4 is 29.4 Å². The molecule has 2 aromatic rings. The Hall–Kier alpha value is -2.28. The predicted molar refractivity (Wildman–Crippen MR) is 90.4 cm³/mol. The zero-order chi connectivity index (χ0) is 15.9. The first-order valence-electron chi connectivity index (χ1n) is 6.76. The maximum absolute atomic E-state index is 11.9. The Morgan fingerprint density at radius 1 is 1.32 bits per heavy atom. The number of hydrogen-bond donors (Lipinski definition) is 2. The quantitative estimate of drug-likeness (QED) is 0.830. The summed E-state index contributed by atoms with van der Waals surface area (Å²) in [4.78, 5) is 23.3. The highest BCUT2D eigenvalue weighted by Crippen LogP contribution is 2.18. The SMILES string of the molecule is CSc1cccc(NC(=O)NCc2ccnc(N(C)C)n2)c1. The van der Waals surface area contributed by atoms with E-state index < -0.39 is 0 Å². The third-order valence-electron chi connectivity index (χ3n) is 2.86. The van der Waals surface area contributed by atoms with Gasteiger partial charge in [0.05, 0.1) is 12.2 Å². The van der Waals surface area contributed by atoms with Gasteiger partial charge < -0.3 is 15.5 Å². The van der Waals surface area contributed by atoms with Crippen LogP contribution in [0.15, 0.2) is 41.4 Å². The van der Waals surface area contributed by atoms with Crippen molar-refractivity contribution in [3.8, 4) is 0 Å². The van der Waals surface area contributed by atoms with Gasteiger partial charge in [0.25, 0.3) is 0 Å². The van der Waals surface area contributed by atoms with Crippen LogP contribution in [-0.2, 0) is 6.54 Å². The molecular weight excluding hydrogens is 298 g/mol. The van der Waals surface area contributed by atoms with E-state index in [1.165, 1.54) is 0 Å². The number of carbonyl (C=O) groups excluding carboxylic acids is 1. The monoisotopic (exact) mass is 317 g/mol. The molecule has 1 heterocycles. The van der Waals surface area contributed by atoms with Crippen LogP contribution in [0.1, 0.15) is 5.69 Å². The first-order chi connectivity index (χ1) is 10.6. The van der Waals surface area contributed by atoms with E-state index in [0.29, 0.717) is 12.5 Å². The van der Waals surface area contributed by atoms with Crippen LogP contribution in [0.5, 0.6) is 0 Å². The largest absolute Gasteiger partial charge is 0.347 e. The molecule has 0 fully saturated rings. The molecule has 0 bridgehead atoms. The van der Waals surface area contributed by atoms with Crippen LogP contribution in [0.3, 0.4) is 0 Å². The van der Waals surface area contributed by atoms with E-state index in [0.717, 1.165) is 16.3 Å². The number of nitrogens with one attached hydrogen (secondary N) is 2. The van der Waals surface area contributed by atoms with Gasteiger partial charge in [-0.25, -0.2) is 14.8 Å². The van der Waals surface area contributed by atoms with Crippen LogP contribution in [0.2, 0.25) is 0 Å². The van der Waals surface area contributed by atoms with Gasteiger partial charge in [-0.05, 0) is 30.5 Å². The second-order valence-corrected chi connectivity index (χ2v) is 5.66. The number of rotatable bonds is 5. The highest BCUT2D eigenvalue weighted by molar-refractivity contribution is 7.98. The second-order valence-electron chi connectivity index (χ2n) is 4.78. The minimum atomic E-state index is -0.261. The summed E-state index contributed by atoms with van der Waals surface area (Å²) in [5.41, 5.74) is 1.52. The molecule has 22 heavy (non-hydrogen) atoms. The molecule has 116 valence electrons. The summed E-state index contributed by atoms with van der Waals surface area (Å²) in [7, 11) is 3.75. The van der Waals surface area contributed by atoms with Crippen LogP contribution in [0, 0.1) is 0 Å². The number of benzene rings is 1. The van der Waals surface area contributed by atoms with Crippen molar-refractivity contribution in [2.75, 3.05) is 30.6 Å². The van der Waals surface area contributed by atoms with Gasteiger partial charge in [0.2, 0.25) is 5.95 Å². The van der Waals surface area contributed by atoms with E-state index >= 15 is 0 Å². The van der Waals surface area contributed by atoms with E-state index in [1.807, 2.05) is 49.5 Å². The molecule has 0 saturated carbocycles. The van der Waals surface area contributed by atoms with Crippen LogP contribution in [-0.4, -0.2) is 36.4 Å². The normalized spacial score (nSPS) is 10.1. The lowest BCUT2D eigenvalue weighted by molar-refractivity contribution is 0.251. The maximum Gasteiger partial charge on any atom is 0.319 e. The van der Waals surface area contributed by atoms with Gasteiger partial charge in [-0.1, -0.05) is 6.07 Å². The van der Waals surface area contributed by atoms with E-state index in [4.69, 9.17) is 0 Å². The Morgan fingerprint density at radius 2 is 2.14 bits per heavy atom. The summed E-state index contributed by atoms with van der Waals surface area (Å²) in [6.07, 6.45) is 3.68. The molecule has 0 saturated heterocycles. The van der Waals surface area contributed by atoms with Gasteiger partial charge in [0, 0.05) is 30.9 Å². The fraction of sp³-hybridized carbons (Fsp3) is 0.267. The molecule has 0 radical (unpaired) electrons. The molecule has 0 spiro atoms. The van der Waals surface area contributed by atoms with Crippen molar-refractivity contribution < 1.29 is 4.79 Å². The number of aromatic nitrogens is 2. The molecule has 2 amide bonds. The van der Waals surface area contributed by atoms with Crippen molar-refractivity contribution in [2.45, 2.75) is 11.4 Å². The van der Waals surface area contributed by atoms with Gasteiger partial charge in [-0.15, -0.1) is 11.8 Å². The molecule has 2 N–H and O–H groups in total. The molecule has 0 aliphatic rings. The van der Waals surface area contributed by atoms with Crippen molar-refractivity contribution in [1.29, 1.82) is 0 Å². The predicted octanol–water partition coefficient (Wildman–Crippen LogP) is 2.59. The molecule has 7 heteroatoms. The van der Waals surface area contributed by atoms with Gasteiger partial charge in [-0.3, -0.25) is 0 Å². The number of hydrogen-bond acceptors (Lipinski definition) is 5. The Labute approximate surface area is 134 Å². The van der Waals surface area contributed by atoms with Crippen LogP contribution in [0.25, 0.3) is 0 Å². The molecule has 1 aromatic heterocycles. The van der Waals surface area contributed by atoms with Crippen LogP contribution >= 0.6 is 11.8 Å². The second kappa shape index (κ2) is 7.65. The van der Waals surface area contributed by atoms with Crippen molar-refractivity contribution in [2.24, 2.45) is 0 Å². The summed E-state index contributed by atoms with van der Waals surface area (Å²) in [6.45, 7) is 0.345. The summed E-state index contributed by atoms with van der Waals surface area (Å²) < 4.78 is 0. The number of nitrogens with zero attached hydrogens (tertiary/aromatic N) is 3. The van der Waals surface area contributed by atoms with Gasteiger partial charge in [-0.2, -0.15) is 0 Å². The standard InChI is InChI=1S/C15H19N5OS/c1-20(2)14-16-8-7-12(18-14)10-17-15(21)19-11-5-4-6-13(9-11)22-3/h4-9H,10H2,1-3H3,(H2,17,19,21). The van der Waals surface area contributed by atoms with Crippen molar-refractivity contribution in [3.05, 3.63) is 42.2 Å². The third-order valence-corrected chi connectivity index (χ3v) is 3.58. The van der Waals surface area contributed by atoms with Crippen LogP contribution in [0.4, 0.5) is 16.4 Å². The van der Waals surface area contributed by atoms with E-state index in [9.17, 15) is 4.79 Å². The highest BCUT2D eigenvalue weighted by atomic mass is 32.2. The molecular formula is C15H19N5OS.